The van der Waals surface area contributed by atoms with E-state index < -0.39 is 0 Å². The van der Waals surface area contributed by atoms with Crippen molar-refractivity contribution in [3.8, 4) is 0 Å². The molecule has 0 saturated carbocycles. The number of benzene rings is 1. The van der Waals surface area contributed by atoms with E-state index in [4.69, 9.17) is 0 Å². The normalized spacial score (nSPS) is 18.0. The molecule has 1 aromatic rings. The van der Waals surface area contributed by atoms with Crippen LogP contribution in [0.5, 0.6) is 0 Å². The number of anilines is 1. The molecule has 1 aromatic carbocycles. The van der Waals surface area contributed by atoms with E-state index in [0.29, 0.717) is 18.8 Å². The molecule has 0 spiro atoms. The lowest BCUT2D eigenvalue weighted by atomic mass is 10.1. The van der Waals surface area contributed by atoms with E-state index in [9.17, 15) is 14.4 Å². The zero-order valence-corrected chi connectivity index (χ0v) is 15.2. The van der Waals surface area contributed by atoms with Gasteiger partial charge in [-0.15, -0.1) is 0 Å². The lowest BCUT2D eigenvalue weighted by Gasteiger charge is -2.35. The molecule has 0 atom stereocenters. The van der Waals surface area contributed by atoms with Crippen LogP contribution in [0.3, 0.4) is 0 Å². The summed E-state index contributed by atoms with van der Waals surface area (Å²) in [7, 11) is 0. The van der Waals surface area contributed by atoms with Gasteiger partial charge in [0.1, 0.15) is 6.54 Å². The third kappa shape index (κ3) is 4.53. The van der Waals surface area contributed by atoms with Gasteiger partial charge in [-0.1, -0.05) is 17.7 Å². The summed E-state index contributed by atoms with van der Waals surface area (Å²) >= 11 is 0. The molecule has 0 aliphatic carbocycles. The Bertz CT molecular complexity index is 668. The molecule has 1 N–H and O–H groups in total. The number of aryl methyl sites for hydroxylation is 1. The van der Waals surface area contributed by atoms with Crippen molar-refractivity contribution in [2.75, 3.05) is 44.6 Å². The van der Waals surface area contributed by atoms with Gasteiger partial charge in [0.25, 0.3) is 0 Å². The monoisotopic (exact) mass is 358 g/mol. The second kappa shape index (κ2) is 8.21. The predicted octanol–water partition coefficient (Wildman–Crippen LogP) is 1.68. The van der Waals surface area contributed by atoms with Crippen LogP contribution < -0.4 is 5.32 Å². The maximum absolute atomic E-state index is 12.4. The minimum absolute atomic E-state index is 0.00494. The first-order valence-corrected chi connectivity index (χ1v) is 9.21. The van der Waals surface area contributed by atoms with E-state index in [1.807, 2.05) is 36.1 Å². The van der Waals surface area contributed by atoms with Gasteiger partial charge in [0.05, 0.1) is 6.54 Å². The van der Waals surface area contributed by atoms with Crippen LogP contribution in [-0.2, 0) is 9.59 Å². The van der Waals surface area contributed by atoms with Crippen molar-refractivity contribution < 1.29 is 14.4 Å². The zero-order chi connectivity index (χ0) is 18.5. The summed E-state index contributed by atoms with van der Waals surface area (Å²) in [6, 6.07) is 7.23. The average Bonchev–Trinajstić information content (AvgIpc) is 2.66. The number of urea groups is 1. The Hall–Kier alpha value is -2.57. The van der Waals surface area contributed by atoms with Gasteiger partial charge in [0.15, 0.2) is 0 Å². The van der Waals surface area contributed by atoms with Crippen molar-refractivity contribution >= 4 is 23.5 Å². The molecule has 7 heteroatoms. The van der Waals surface area contributed by atoms with Crippen LogP contribution in [-0.4, -0.2) is 71.8 Å². The molecule has 4 amide bonds. The molecule has 0 radical (unpaired) electrons. The Morgan fingerprint density at radius 1 is 0.962 bits per heavy atom. The van der Waals surface area contributed by atoms with Crippen molar-refractivity contribution in [2.45, 2.75) is 26.2 Å². The maximum Gasteiger partial charge on any atom is 0.322 e. The van der Waals surface area contributed by atoms with E-state index in [1.54, 1.807) is 4.90 Å². The quantitative estimate of drug-likeness (QED) is 0.894. The molecule has 7 nitrogen and oxygen atoms in total. The highest BCUT2D eigenvalue weighted by Gasteiger charge is 2.29. The number of likely N-dealkylation sites (tertiary alicyclic amines) is 1. The van der Waals surface area contributed by atoms with Gasteiger partial charge in [-0.25, -0.2) is 4.79 Å². The maximum atomic E-state index is 12.4. The molecule has 140 valence electrons. The molecule has 0 unspecified atom stereocenters. The first-order chi connectivity index (χ1) is 12.5. The summed E-state index contributed by atoms with van der Waals surface area (Å²) in [6.45, 7) is 4.49. The molecular formula is C19H26N4O3. The summed E-state index contributed by atoms with van der Waals surface area (Å²) in [5.41, 5.74) is 1.82. The van der Waals surface area contributed by atoms with Gasteiger partial charge in [0.2, 0.25) is 11.8 Å². The first kappa shape index (κ1) is 18.2. The molecule has 0 aromatic heterocycles. The van der Waals surface area contributed by atoms with Crippen molar-refractivity contribution in [3.05, 3.63) is 29.8 Å². The average molecular weight is 358 g/mol. The fourth-order valence-electron chi connectivity index (χ4n) is 3.30. The van der Waals surface area contributed by atoms with Crippen molar-refractivity contribution in [3.63, 3.8) is 0 Å². The zero-order valence-electron chi connectivity index (χ0n) is 15.2. The smallest absolute Gasteiger partial charge is 0.322 e. The van der Waals surface area contributed by atoms with Crippen LogP contribution >= 0.6 is 0 Å². The topological polar surface area (TPSA) is 73.0 Å². The Balaban J connectivity index is 1.49. The summed E-state index contributed by atoms with van der Waals surface area (Å²) in [4.78, 5) is 41.9. The molecule has 2 aliphatic heterocycles. The number of nitrogens with one attached hydrogen (secondary N) is 1. The Morgan fingerprint density at radius 2 is 1.65 bits per heavy atom. The van der Waals surface area contributed by atoms with Crippen LogP contribution in [0.1, 0.15) is 24.8 Å². The fraction of sp³-hybridized carbons (Fsp3) is 0.526. The Kier molecular flexibility index (Phi) is 5.75. The lowest BCUT2D eigenvalue weighted by Crippen LogP contribution is -2.55. The number of hydrogen-bond donors (Lipinski definition) is 1. The largest absolute Gasteiger partial charge is 0.341 e. The SMILES string of the molecule is Cc1ccc(NC(=O)N2CCN(CC(=O)N3CCCCC3)C(=O)C2)cc1. The highest BCUT2D eigenvalue weighted by Crippen LogP contribution is 2.13. The van der Waals surface area contributed by atoms with Gasteiger partial charge in [-0.3, -0.25) is 9.59 Å². The molecule has 2 fully saturated rings. The molecule has 2 heterocycles. The third-order valence-electron chi connectivity index (χ3n) is 4.94. The van der Waals surface area contributed by atoms with Gasteiger partial charge >= 0.3 is 6.03 Å². The first-order valence-electron chi connectivity index (χ1n) is 9.21. The number of hydrogen-bond acceptors (Lipinski definition) is 3. The summed E-state index contributed by atoms with van der Waals surface area (Å²) in [5, 5.41) is 2.81. The van der Waals surface area contributed by atoms with E-state index in [1.165, 1.54) is 4.90 Å². The molecule has 26 heavy (non-hydrogen) atoms. The minimum Gasteiger partial charge on any atom is -0.341 e. The van der Waals surface area contributed by atoms with E-state index in [0.717, 1.165) is 37.9 Å². The van der Waals surface area contributed by atoms with Crippen LogP contribution in [0, 0.1) is 6.92 Å². The van der Waals surface area contributed by atoms with Crippen LogP contribution in [0.15, 0.2) is 24.3 Å². The van der Waals surface area contributed by atoms with Gasteiger partial charge in [0, 0.05) is 31.9 Å². The number of carbonyl (C=O) groups is 3. The van der Waals surface area contributed by atoms with Crippen molar-refractivity contribution in [1.82, 2.24) is 14.7 Å². The van der Waals surface area contributed by atoms with Crippen molar-refractivity contribution in [2.24, 2.45) is 0 Å². The number of piperidine rings is 1. The summed E-state index contributed by atoms with van der Waals surface area (Å²) in [6.07, 6.45) is 3.23. The molecular weight excluding hydrogens is 332 g/mol. The van der Waals surface area contributed by atoms with Crippen LogP contribution in [0.4, 0.5) is 10.5 Å². The highest BCUT2D eigenvalue weighted by molar-refractivity contribution is 5.94. The standard InChI is InChI=1S/C19H26N4O3/c1-15-5-7-16(8-6-15)20-19(26)23-12-11-22(18(25)14-23)13-17(24)21-9-3-2-4-10-21/h5-8H,2-4,9-14H2,1H3,(H,20,26). The van der Waals surface area contributed by atoms with Gasteiger partial charge in [-0.2, -0.15) is 0 Å². The van der Waals surface area contributed by atoms with Gasteiger partial charge < -0.3 is 20.0 Å². The number of amides is 4. The number of nitrogens with zero attached hydrogens (tertiary/aromatic N) is 3. The fourth-order valence-corrected chi connectivity index (χ4v) is 3.30. The lowest BCUT2D eigenvalue weighted by molar-refractivity contribution is -0.143. The van der Waals surface area contributed by atoms with E-state index >= 15 is 0 Å². The predicted molar refractivity (Wildman–Crippen MR) is 98.8 cm³/mol. The molecule has 3 rings (SSSR count). The Labute approximate surface area is 153 Å². The van der Waals surface area contributed by atoms with Crippen LogP contribution in [0.25, 0.3) is 0 Å². The Morgan fingerprint density at radius 3 is 2.31 bits per heavy atom. The van der Waals surface area contributed by atoms with Gasteiger partial charge in [-0.05, 0) is 38.3 Å². The van der Waals surface area contributed by atoms with Crippen LogP contribution in [0.2, 0.25) is 0 Å². The van der Waals surface area contributed by atoms with E-state index in [2.05, 4.69) is 5.32 Å². The van der Waals surface area contributed by atoms with Crippen molar-refractivity contribution in [1.29, 1.82) is 0 Å². The number of rotatable bonds is 3. The number of piperazine rings is 1. The molecule has 0 bridgehead atoms. The molecule has 2 aliphatic rings. The molecule has 2 saturated heterocycles. The summed E-state index contributed by atoms with van der Waals surface area (Å²) < 4.78 is 0. The summed E-state index contributed by atoms with van der Waals surface area (Å²) in [5.74, 6) is -0.170. The minimum atomic E-state index is -0.288. The second-order valence-corrected chi connectivity index (χ2v) is 6.97. The number of carbonyl (C=O) groups excluding carboxylic acids is 3. The second-order valence-electron chi connectivity index (χ2n) is 6.97. The third-order valence-corrected chi connectivity index (χ3v) is 4.94. The highest BCUT2D eigenvalue weighted by atomic mass is 16.2. The van der Waals surface area contributed by atoms with E-state index in [-0.39, 0.29) is 30.9 Å².